The molecule has 74 valence electrons. The maximum Gasteiger partial charge on any atom is 0.127 e. The first-order chi connectivity index (χ1) is 5.79. The zero-order valence-electron chi connectivity index (χ0n) is 6.41. The van der Waals surface area contributed by atoms with Crippen LogP contribution in [0.5, 0.6) is 0 Å². The van der Waals surface area contributed by atoms with Crippen LogP contribution in [0.3, 0.4) is 0 Å². The molecule has 13 heavy (non-hydrogen) atoms. The molecule has 0 spiro atoms. The maximum absolute atomic E-state index is 8.49. The van der Waals surface area contributed by atoms with Crippen LogP contribution in [0, 0.1) is 13.8 Å². The van der Waals surface area contributed by atoms with Crippen LogP contribution in [-0.2, 0) is 0 Å². The van der Waals surface area contributed by atoms with E-state index in [4.69, 9.17) is 18.6 Å². The molecule has 1 aromatic rings. The van der Waals surface area contributed by atoms with Gasteiger partial charge < -0.3 is 5.73 Å². The molecule has 0 amide bonds. The van der Waals surface area contributed by atoms with E-state index in [1.54, 1.807) is 0 Å². The van der Waals surface area contributed by atoms with Crippen molar-refractivity contribution in [3.8, 4) is 0 Å². The second-order valence-electron chi connectivity index (χ2n) is 2.00. The van der Waals surface area contributed by atoms with E-state index >= 15 is 0 Å². The summed E-state index contributed by atoms with van der Waals surface area (Å²) >= 11 is 2.27. The number of hydrogen-bond acceptors (Lipinski definition) is 4. The van der Waals surface area contributed by atoms with Crippen molar-refractivity contribution in [2.75, 3.05) is 0 Å². The highest BCUT2D eigenvalue weighted by molar-refractivity contribution is 14.1. The Morgan fingerprint density at radius 2 is 1.31 bits per heavy atom. The average molecular weight is 319 g/mol. The molecule has 1 aromatic carbocycles. The van der Waals surface area contributed by atoms with Crippen LogP contribution in [0.1, 0.15) is 0 Å². The first-order valence-corrected chi connectivity index (χ1v) is 5.29. The van der Waals surface area contributed by atoms with Crippen molar-refractivity contribution >= 4 is 28.3 Å². The number of halogens is 2. The molecule has 0 unspecified atom stereocenters. The summed E-state index contributed by atoms with van der Waals surface area (Å²) in [7, 11) is -4.94. The normalized spacial score (nSPS) is 10.3. The fourth-order valence-corrected chi connectivity index (χ4v) is 0.844. The van der Waals surface area contributed by atoms with Crippen molar-refractivity contribution in [1.29, 1.82) is 0 Å². The molecule has 0 radical (unpaired) electrons. The summed E-state index contributed by atoms with van der Waals surface area (Å²) in [5.74, 6) is 0. The topological polar surface area (TPSA) is 120 Å². The van der Waals surface area contributed by atoms with E-state index in [9.17, 15) is 0 Å². The first-order valence-electron chi connectivity index (χ1n) is 2.98. The fraction of sp³-hybridized carbons (Fsp3) is 0. The van der Waals surface area contributed by atoms with E-state index in [1.807, 2.05) is 24.3 Å². The van der Waals surface area contributed by atoms with Crippen LogP contribution in [0.2, 0.25) is 0 Å². The summed E-state index contributed by atoms with van der Waals surface area (Å²) in [5.41, 5.74) is 4.83. The minimum absolute atomic E-state index is 1.07. The third kappa shape index (κ3) is 12.0. The third-order valence-electron chi connectivity index (χ3n) is 0.913. The number of hydrogen-bond donors (Lipinski definition) is 1. The Balaban J connectivity index is 0.000000252. The van der Waals surface area contributed by atoms with Gasteiger partial charge in [0.05, 0.1) is 0 Å². The van der Waals surface area contributed by atoms with Gasteiger partial charge in [0.15, 0.2) is 0 Å². The summed E-state index contributed by atoms with van der Waals surface area (Å²) in [6.45, 7) is 0. The summed E-state index contributed by atoms with van der Waals surface area (Å²) < 4.78 is 35.2. The molecule has 0 atom stereocenters. The van der Waals surface area contributed by atoms with E-state index in [0.717, 1.165) is 5.69 Å². The van der Waals surface area contributed by atoms with Gasteiger partial charge in [-0.15, -0.1) is 10.2 Å². The van der Waals surface area contributed by atoms with E-state index in [-0.39, 0.29) is 0 Å². The van der Waals surface area contributed by atoms with Gasteiger partial charge in [0.25, 0.3) is 0 Å². The quantitative estimate of drug-likeness (QED) is 0.497. The molecule has 0 aliphatic rings. The van der Waals surface area contributed by atoms with Crippen LogP contribution < -0.4 is 24.4 Å². The highest BCUT2D eigenvalue weighted by atomic mass is 127. The van der Waals surface area contributed by atoms with Crippen molar-refractivity contribution in [1.82, 2.24) is 0 Å². The van der Waals surface area contributed by atoms with Crippen molar-refractivity contribution in [3.05, 3.63) is 27.8 Å². The highest BCUT2D eigenvalue weighted by Crippen LogP contribution is 2.05. The van der Waals surface area contributed by atoms with Gasteiger partial charge >= 0.3 is 0 Å². The Bertz CT molecular complexity index is 221. The predicted molar refractivity (Wildman–Crippen MR) is 41.7 cm³/mol. The molecule has 0 aliphatic heterocycles. The lowest BCUT2D eigenvalue weighted by atomic mass is 10.3. The minimum atomic E-state index is -4.94. The molecule has 0 aromatic heterocycles. The summed E-state index contributed by atoms with van der Waals surface area (Å²) in [4.78, 5) is 0. The monoisotopic (exact) mass is 319 g/mol. The van der Waals surface area contributed by atoms with Crippen molar-refractivity contribution in [3.63, 3.8) is 0 Å². The third-order valence-corrected chi connectivity index (χ3v) is 1.63. The lowest BCUT2D eigenvalue weighted by Gasteiger charge is -2.17. The van der Waals surface area contributed by atoms with Crippen LogP contribution in [0.4, 0.5) is 5.69 Å². The largest absolute Gasteiger partial charge is 0.325 e. The second-order valence-corrected chi connectivity index (χ2v) is 4.01. The van der Waals surface area contributed by atoms with Gasteiger partial charge in [-0.2, -0.15) is 0 Å². The van der Waals surface area contributed by atoms with E-state index in [0.29, 0.717) is 0 Å². The standard InChI is InChI=1S/C6H6IN.ClHO4/c7-5-1-3-6(8)4-2-5;2-1(3,4)5/h1-4H,8H2;(H,2,3,4,5). The summed E-state index contributed by atoms with van der Waals surface area (Å²) in [6, 6.07) is 8.09. The zero-order valence-corrected chi connectivity index (χ0v) is 9.32. The lowest BCUT2D eigenvalue weighted by molar-refractivity contribution is -2.00. The molecule has 0 fully saturated rings. The molecule has 0 saturated heterocycles. The van der Waals surface area contributed by atoms with Gasteiger partial charge in [0, 0.05) is 3.57 Å². The Morgan fingerprint density at radius 3 is 1.54 bits per heavy atom. The number of rotatable bonds is 0. The minimum Gasteiger partial charge on any atom is -0.325 e. The fourth-order valence-electron chi connectivity index (χ4n) is 0.484. The Kier molecular flexibility index (Phi) is 5.72. The number of quaternary nitrogens is 1. The van der Waals surface area contributed by atoms with Crippen LogP contribution in [0.15, 0.2) is 24.3 Å². The van der Waals surface area contributed by atoms with E-state index in [2.05, 4.69) is 28.3 Å². The van der Waals surface area contributed by atoms with Crippen molar-refractivity contribution in [2.24, 2.45) is 0 Å². The first kappa shape index (κ1) is 13.0. The molecular formula is C6H7ClINO4. The predicted octanol–water partition coefficient (Wildman–Crippen LogP) is -3.59. The Hall–Kier alpha value is 0.0400. The maximum atomic E-state index is 8.49. The molecule has 1 rings (SSSR count). The SMILES string of the molecule is [NH3+]c1ccc(I)cc1.[O-][Cl+3]([O-])([O-])[O-]. The molecule has 7 heteroatoms. The van der Waals surface area contributed by atoms with Gasteiger partial charge in [0.1, 0.15) is 5.69 Å². The van der Waals surface area contributed by atoms with Gasteiger partial charge in [-0.3, -0.25) is 0 Å². The molecule has 0 aliphatic carbocycles. The van der Waals surface area contributed by atoms with Crippen molar-refractivity contribution in [2.45, 2.75) is 0 Å². The Morgan fingerprint density at radius 1 is 1.00 bits per heavy atom. The summed E-state index contributed by atoms with van der Waals surface area (Å²) in [6.07, 6.45) is 0. The summed E-state index contributed by atoms with van der Waals surface area (Å²) in [5, 5.41) is 0. The highest BCUT2D eigenvalue weighted by Gasteiger charge is 1.85. The molecule has 3 N–H and O–H groups in total. The second kappa shape index (κ2) is 5.70. The van der Waals surface area contributed by atoms with Gasteiger partial charge in [-0.1, -0.05) is 0 Å². The molecule has 0 bridgehead atoms. The average Bonchev–Trinajstić information content (AvgIpc) is 1.92. The van der Waals surface area contributed by atoms with Crippen LogP contribution in [0.25, 0.3) is 0 Å². The molecule has 0 saturated carbocycles. The lowest BCUT2D eigenvalue weighted by Crippen LogP contribution is -2.68. The van der Waals surface area contributed by atoms with E-state index in [1.165, 1.54) is 3.57 Å². The Labute approximate surface area is 90.7 Å². The molecule has 5 nitrogen and oxygen atoms in total. The van der Waals surface area contributed by atoms with Gasteiger partial charge in [-0.05, 0) is 46.9 Å². The zero-order chi connectivity index (χ0) is 10.5. The smallest absolute Gasteiger partial charge is 0.127 e. The molecular weight excluding hydrogens is 312 g/mol. The van der Waals surface area contributed by atoms with Crippen LogP contribution in [-0.4, -0.2) is 0 Å². The van der Waals surface area contributed by atoms with Crippen LogP contribution >= 0.6 is 22.6 Å². The van der Waals surface area contributed by atoms with E-state index < -0.39 is 10.2 Å². The molecule has 0 heterocycles. The van der Waals surface area contributed by atoms with Gasteiger partial charge in [0.2, 0.25) is 0 Å². The number of benzene rings is 1. The van der Waals surface area contributed by atoms with Gasteiger partial charge in [-0.25, -0.2) is 18.6 Å². The van der Waals surface area contributed by atoms with Crippen molar-refractivity contribution < 1.29 is 34.6 Å².